The van der Waals surface area contributed by atoms with Crippen LogP contribution in [0.15, 0.2) is 29.8 Å². The largest absolute Gasteiger partial charge is 0.478 e. The van der Waals surface area contributed by atoms with Gasteiger partial charge >= 0.3 is 5.97 Å². The Morgan fingerprint density at radius 2 is 2.11 bits per heavy atom. The predicted octanol–water partition coefficient (Wildman–Crippen LogP) is 4.66. The molecule has 0 saturated heterocycles. The van der Waals surface area contributed by atoms with Gasteiger partial charge in [0.25, 0.3) is 0 Å². The third kappa shape index (κ3) is 3.06. The van der Waals surface area contributed by atoms with Gasteiger partial charge in [-0.25, -0.2) is 4.79 Å². The third-order valence-corrected chi connectivity index (χ3v) is 3.88. The summed E-state index contributed by atoms with van der Waals surface area (Å²) in [6.45, 7) is 0. The number of carboxylic acid groups (broad SMARTS) is 1. The summed E-state index contributed by atoms with van der Waals surface area (Å²) in [4.78, 5) is 10.9. The molecule has 96 valence electrons. The van der Waals surface area contributed by atoms with Crippen LogP contribution in [0.3, 0.4) is 0 Å². The highest BCUT2D eigenvalue weighted by molar-refractivity contribution is 6.33. The monoisotopic (exact) mass is 284 g/mol. The lowest BCUT2D eigenvalue weighted by Crippen LogP contribution is -2.10. The highest BCUT2D eigenvalue weighted by Crippen LogP contribution is 2.40. The Morgan fingerprint density at radius 3 is 2.83 bits per heavy atom. The summed E-state index contributed by atoms with van der Waals surface area (Å²) in [5.41, 5.74) is 1.88. The molecule has 1 aromatic carbocycles. The molecule has 1 fully saturated rings. The lowest BCUT2D eigenvalue weighted by Gasteiger charge is -2.26. The second-order valence-corrected chi connectivity index (χ2v) is 5.37. The van der Waals surface area contributed by atoms with E-state index in [-0.39, 0.29) is 5.92 Å². The summed E-state index contributed by atoms with van der Waals surface area (Å²) in [7, 11) is 0. The average Bonchev–Trinajstić information content (AvgIpc) is 2.32. The van der Waals surface area contributed by atoms with E-state index in [4.69, 9.17) is 28.3 Å². The number of benzene rings is 1. The molecule has 0 amide bonds. The van der Waals surface area contributed by atoms with Gasteiger partial charge in [-0.3, -0.25) is 0 Å². The average molecular weight is 285 g/mol. The normalized spacial score (nSPS) is 22.1. The number of rotatable bonds is 2. The molecule has 2 nitrogen and oxygen atoms in total. The standard InChI is InChI=1S/C14H14Cl2O2/c15-10-5-6-13(16)12(8-10)11-4-2-1-3-9(11)7-14(17)18/h5-8,11H,1-4H2,(H,17,18)/b9-7+. The zero-order valence-corrected chi connectivity index (χ0v) is 11.3. The summed E-state index contributed by atoms with van der Waals surface area (Å²) in [5.74, 6) is -0.809. The van der Waals surface area contributed by atoms with Crippen LogP contribution in [0, 0.1) is 0 Å². The highest BCUT2D eigenvalue weighted by Gasteiger charge is 2.23. The Morgan fingerprint density at radius 1 is 1.33 bits per heavy atom. The van der Waals surface area contributed by atoms with Gasteiger partial charge in [-0.1, -0.05) is 35.2 Å². The maximum Gasteiger partial charge on any atom is 0.328 e. The minimum absolute atomic E-state index is 0.0843. The van der Waals surface area contributed by atoms with Gasteiger partial charge in [-0.15, -0.1) is 0 Å². The topological polar surface area (TPSA) is 37.3 Å². The van der Waals surface area contributed by atoms with Gasteiger partial charge < -0.3 is 5.11 Å². The van der Waals surface area contributed by atoms with Gasteiger partial charge in [0.05, 0.1) is 0 Å². The second kappa shape index (κ2) is 5.77. The van der Waals surface area contributed by atoms with Gasteiger partial charge in [0, 0.05) is 22.0 Å². The first-order valence-corrected chi connectivity index (χ1v) is 6.72. The number of carboxylic acids is 1. The molecule has 0 heterocycles. The van der Waals surface area contributed by atoms with E-state index >= 15 is 0 Å². The second-order valence-electron chi connectivity index (χ2n) is 4.52. The Hall–Kier alpha value is -0.990. The minimum Gasteiger partial charge on any atom is -0.478 e. The van der Waals surface area contributed by atoms with Crippen molar-refractivity contribution >= 4 is 29.2 Å². The van der Waals surface area contributed by atoms with E-state index in [0.29, 0.717) is 10.0 Å². The zero-order valence-electron chi connectivity index (χ0n) is 9.83. The van der Waals surface area contributed by atoms with Crippen molar-refractivity contribution in [2.45, 2.75) is 31.6 Å². The summed E-state index contributed by atoms with van der Waals surface area (Å²) in [6, 6.07) is 5.36. The van der Waals surface area contributed by atoms with Gasteiger partial charge in [-0.2, -0.15) is 0 Å². The third-order valence-electron chi connectivity index (χ3n) is 3.30. The van der Waals surface area contributed by atoms with Crippen LogP contribution in [-0.4, -0.2) is 11.1 Å². The first-order chi connectivity index (χ1) is 8.58. The molecule has 1 aromatic rings. The summed E-state index contributed by atoms with van der Waals surface area (Å²) in [6.07, 6.45) is 5.19. The lowest BCUT2D eigenvalue weighted by molar-refractivity contribution is -0.131. The van der Waals surface area contributed by atoms with E-state index in [9.17, 15) is 4.79 Å². The van der Waals surface area contributed by atoms with E-state index in [2.05, 4.69) is 0 Å². The maximum atomic E-state index is 10.9. The Kier molecular flexibility index (Phi) is 4.31. The van der Waals surface area contributed by atoms with E-state index in [1.54, 1.807) is 12.1 Å². The molecule has 0 bridgehead atoms. The molecule has 2 rings (SSSR count). The zero-order chi connectivity index (χ0) is 13.1. The van der Waals surface area contributed by atoms with Crippen LogP contribution in [0.5, 0.6) is 0 Å². The molecule has 18 heavy (non-hydrogen) atoms. The molecule has 1 atom stereocenters. The fourth-order valence-electron chi connectivity index (χ4n) is 2.51. The first-order valence-electron chi connectivity index (χ1n) is 5.96. The van der Waals surface area contributed by atoms with Gasteiger partial charge in [-0.05, 0) is 43.0 Å². The molecule has 0 aliphatic heterocycles. The van der Waals surface area contributed by atoms with Crippen LogP contribution in [0.2, 0.25) is 10.0 Å². The van der Waals surface area contributed by atoms with Crippen molar-refractivity contribution in [1.82, 2.24) is 0 Å². The number of aliphatic carboxylic acids is 1. The number of allylic oxidation sites excluding steroid dienone is 1. The molecule has 1 aliphatic carbocycles. The van der Waals surface area contributed by atoms with Crippen molar-refractivity contribution in [2.75, 3.05) is 0 Å². The molecule has 0 spiro atoms. The van der Waals surface area contributed by atoms with Crippen molar-refractivity contribution in [3.63, 3.8) is 0 Å². The molecule has 0 aromatic heterocycles. The van der Waals surface area contributed by atoms with Crippen molar-refractivity contribution in [1.29, 1.82) is 0 Å². The number of carbonyl (C=O) groups is 1. The molecular formula is C14H14Cl2O2. The van der Waals surface area contributed by atoms with Crippen molar-refractivity contribution < 1.29 is 9.90 Å². The van der Waals surface area contributed by atoms with Crippen LogP contribution >= 0.6 is 23.2 Å². The maximum absolute atomic E-state index is 10.9. The smallest absolute Gasteiger partial charge is 0.328 e. The van der Waals surface area contributed by atoms with Crippen LogP contribution in [0.4, 0.5) is 0 Å². The Labute approximate surface area is 116 Å². The molecular weight excluding hydrogens is 271 g/mol. The first kappa shape index (κ1) is 13.4. The van der Waals surface area contributed by atoms with Crippen LogP contribution in [0.25, 0.3) is 0 Å². The summed E-state index contributed by atoms with van der Waals surface area (Å²) >= 11 is 12.2. The molecule has 4 heteroatoms. The SMILES string of the molecule is O=C(O)/C=C1\CCCCC1c1cc(Cl)ccc1Cl. The summed E-state index contributed by atoms with van der Waals surface area (Å²) in [5, 5.41) is 10.2. The lowest BCUT2D eigenvalue weighted by atomic mass is 9.79. The molecule has 1 unspecified atom stereocenters. The molecule has 1 saturated carbocycles. The van der Waals surface area contributed by atoms with Crippen molar-refractivity contribution in [2.24, 2.45) is 0 Å². The van der Waals surface area contributed by atoms with Gasteiger partial charge in [0.2, 0.25) is 0 Å². The predicted molar refractivity (Wildman–Crippen MR) is 73.4 cm³/mol. The molecule has 1 aliphatic rings. The summed E-state index contributed by atoms with van der Waals surface area (Å²) < 4.78 is 0. The quantitative estimate of drug-likeness (QED) is 0.802. The number of halogens is 2. The fourth-order valence-corrected chi connectivity index (χ4v) is 2.94. The molecule has 0 radical (unpaired) electrons. The van der Waals surface area contributed by atoms with Gasteiger partial charge in [0.15, 0.2) is 0 Å². The Bertz CT molecular complexity index is 495. The fraction of sp³-hybridized carbons (Fsp3) is 0.357. The van der Waals surface area contributed by atoms with Crippen LogP contribution < -0.4 is 0 Å². The van der Waals surface area contributed by atoms with Crippen LogP contribution in [0.1, 0.15) is 37.2 Å². The number of hydrogen-bond acceptors (Lipinski definition) is 1. The highest BCUT2D eigenvalue weighted by atomic mass is 35.5. The van der Waals surface area contributed by atoms with E-state index < -0.39 is 5.97 Å². The molecule has 1 N–H and O–H groups in total. The number of hydrogen-bond donors (Lipinski definition) is 1. The van der Waals surface area contributed by atoms with Crippen molar-refractivity contribution in [3.05, 3.63) is 45.5 Å². The van der Waals surface area contributed by atoms with Crippen LogP contribution in [-0.2, 0) is 4.79 Å². The van der Waals surface area contributed by atoms with Gasteiger partial charge in [0.1, 0.15) is 0 Å². The van der Waals surface area contributed by atoms with E-state index in [0.717, 1.165) is 36.8 Å². The van der Waals surface area contributed by atoms with Crippen molar-refractivity contribution in [3.8, 4) is 0 Å². The Balaban J connectivity index is 2.39. The minimum atomic E-state index is -0.893. The van der Waals surface area contributed by atoms with E-state index in [1.165, 1.54) is 6.08 Å². The van der Waals surface area contributed by atoms with E-state index in [1.807, 2.05) is 6.07 Å².